The maximum atomic E-state index is 12.8. The zero-order valence-electron chi connectivity index (χ0n) is 16.7. The average molecular weight is 420 g/mol. The normalized spacial score (nSPS) is 15.3. The number of hydrogen-bond acceptors (Lipinski definition) is 6. The van der Waals surface area contributed by atoms with E-state index in [1.807, 2.05) is 13.8 Å². The zero-order valence-corrected chi connectivity index (χ0v) is 17.5. The molecule has 2 unspecified atom stereocenters. The van der Waals surface area contributed by atoms with Crippen LogP contribution < -0.4 is 5.32 Å². The quantitative estimate of drug-likeness (QED) is 0.663. The lowest BCUT2D eigenvalue weighted by Gasteiger charge is -2.15. The molecule has 0 radical (unpaired) electrons. The number of esters is 1. The van der Waals surface area contributed by atoms with Crippen molar-refractivity contribution in [3.05, 3.63) is 34.0 Å². The van der Waals surface area contributed by atoms with Gasteiger partial charge >= 0.3 is 11.9 Å². The number of nitrogens with zero attached hydrogens (tertiary/aromatic N) is 2. The molecule has 1 aliphatic carbocycles. The van der Waals surface area contributed by atoms with Gasteiger partial charge in [-0.1, -0.05) is 6.92 Å². The van der Waals surface area contributed by atoms with Crippen LogP contribution in [0.2, 0.25) is 0 Å². The Bertz CT molecular complexity index is 933. The summed E-state index contributed by atoms with van der Waals surface area (Å²) in [5.74, 6) is -1.89. The standard InChI is InChI=1S/C20H25N3O5S/c1-4-11(2)28-20(27)16-14-7-5-6-8-15(14)29-18(16)22-17(24)13-9-21-23(10-13)12(3)19(25)26/h9-12H,4-8H2,1-3H3,(H,22,24)(H,25,26). The highest BCUT2D eigenvalue weighted by Crippen LogP contribution is 2.39. The van der Waals surface area contributed by atoms with Gasteiger partial charge in [-0.3, -0.25) is 9.48 Å². The first-order valence-corrected chi connectivity index (χ1v) is 10.6. The second-order valence-electron chi connectivity index (χ2n) is 7.22. The molecule has 29 heavy (non-hydrogen) atoms. The maximum absolute atomic E-state index is 12.8. The Morgan fingerprint density at radius 1 is 1.31 bits per heavy atom. The van der Waals surface area contributed by atoms with E-state index in [1.165, 1.54) is 35.3 Å². The fourth-order valence-electron chi connectivity index (χ4n) is 3.15. The minimum atomic E-state index is -1.04. The van der Waals surface area contributed by atoms with E-state index < -0.39 is 23.9 Å². The number of nitrogens with one attached hydrogen (secondary N) is 1. The van der Waals surface area contributed by atoms with Crippen LogP contribution in [0.15, 0.2) is 12.4 Å². The maximum Gasteiger partial charge on any atom is 0.341 e. The van der Waals surface area contributed by atoms with Gasteiger partial charge in [-0.05, 0) is 51.5 Å². The monoisotopic (exact) mass is 419 g/mol. The van der Waals surface area contributed by atoms with Crippen LogP contribution in [0, 0.1) is 0 Å². The van der Waals surface area contributed by atoms with Crippen molar-refractivity contribution in [1.29, 1.82) is 0 Å². The summed E-state index contributed by atoms with van der Waals surface area (Å²) in [5, 5.41) is 16.3. The molecule has 2 aromatic rings. The molecule has 0 aliphatic heterocycles. The van der Waals surface area contributed by atoms with Crippen molar-refractivity contribution in [3.63, 3.8) is 0 Å². The van der Waals surface area contributed by atoms with Crippen LogP contribution in [0.3, 0.4) is 0 Å². The molecule has 9 heteroatoms. The summed E-state index contributed by atoms with van der Waals surface area (Å²) in [4.78, 5) is 37.7. The molecular formula is C20H25N3O5S. The van der Waals surface area contributed by atoms with Crippen LogP contribution in [0.1, 0.15) is 77.2 Å². The van der Waals surface area contributed by atoms with Crippen molar-refractivity contribution >= 4 is 34.2 Å². The molecule has 2 aromatic heterocycles. The van der Waals surface area contributed by atoms with E-state index in [1.54, 1.807) is 0 Å². The number of rotatable bonds is 7. The first-order valence-electron chi connectivity index (χ1n) is 9.75. The smallest absolute Gasteiger partial charge is 0.341 e. The molecule has 0 fully saturated rings. The molecule has 2 N–H and O–H groups in total. The van der Waals surface area contributed by atoms with Crippen LogP contribution in [0.4, 0.5) is 5.00 Å². The molecule has 0 aromatic carbocycles. The van der Waals surface area contributed by atoms with Gasteiger partial charge < -0.3 is 15.2 Å². The van der Waals surface area contributed by atoms with Crippen molar-refractivity contribution < 1.29 is 24.2 Å². The molecule has 1 amide bonds. The summed E-state index contributed by atoms with van der Waals surface area (Å²) in [6.45, 7) is 5.26. The molecule has 3 rings (SSSR count). The zero-order chi connectivity index (χ0) is 21.1. The number of fused-ring (bicyclic) bond motifs is 1. The Balaban J connectivity index is 1.86. The van der Waals surface area contributed by atoms with Gasteiger partial charge in [0.15, 0.2) is 0 Å². The lowest BCUT2D eigenvalue weighted by atomic mass is 9.95. The Morgan fingerprint density at radius 2 is 2.03 bits per heavy atom. The highest BCUT2D eigenvalue weighted by molar-refractivity contribution is 7.17. The Morgan fingerprint density at radius 3 is 2.72 bits per heavy atom. The van der Waals surface area contributed by atoms with Gasteiger partial charge in [-0.2, -0.15) is 5.10 Å². The first kappa shape index (κ1) is 21.0. The number of carboxylic acid groups (broad SMARTS) is 1. The summed E-state index contributed by atoms with van der Waals surface area (Å²) in [5.41, 5.74) is 1.65. The predicted octanol–water partition coefficient (Wildman–Crippen LogP) is 3.68. The van der Waals surface area contributed by atoms with Gasteiger partial charge in [0.1, 0.15) is 11.0 Å². The molecule has 0 bridgehead atoms. The number of hydrogen-bond donors (Lipinski definition) is 2. The van der Waals surface area contributed by atoms with E-state index in [4.69, 9.17) is 9.84 Å². The van der Waals surface area contributed by atoms with Gasteiger partial charge in [0.05, 0.1) is 23.4 Å². The minimum Gasteiger partial charge on any atom is -0.480 e. The highest BCUT2D eigenvalue weighted by atomic mass is 32.1. The average Bonchev–Trinajstić information content (AvgIpc) is 3.31. The Labute approximate surface area is 172 Å². The van der Waals surface area contributed by atoms with Crippen molar-refractivity contribution in [2.45, 2.75) is 65.0 Å². The third-order valence-corrected chi connectivity index (χ3v) is 6.31. The first-order chi connectivity index (χ1) is 13.8. The van der Waals surface area contributed by atoms with Crippen molar-refractivity contribution in [3.8, 4) is 0 Å². The number of amides is 1. The van der Waals surface area contributed by atoms with Gasteiger partial charge in [0.2, 0.25) is 0 Å². The van der Waals surface area contributed by atoms with E-state index in [-0.39, 0.29) is 11.7 Å². The number of ether oxygens (including phenoxy) is 1. The number of anilines is 1. The summed E-state index contributed by atoms with van der Waals surface area (Å²) < 4.78 is 6.75. The number of thiophene rings is 1. The lowest BCUT2D eigenvalue weighted by molar-refractivity contribution is -0.140. The fraction of sp³-hybridized carbons (Fsp3) is 0.500. The molecule has 1 aliphatic rings. The number of aryl methyl sites for hydroxylation is 1. The van der Waals surface area contributed by atoms with Gasteiger partial charge in [-0.25, -0.2) is 9.59 Å². The minimum absolute atomic E-state index is 0.207. The van der Waals surface area contributed by atoms with Gasteiger partial charge in [0, 0.05) is 11.1 Å². The molecular weight excluding hydrogens is 394 g/mol. The van der Waals surface area contributed by atoms with Gasteiger partial charge in [0.25, 0.3) is 5.91 Å². The number of carbonyl (C=O) groups excluding carboxylic acids is 2. The molecule has 2 heterocycles. The highest BCUT2D eigenvalue weighted by Gasteiger charge is 2.28. The molecule has 8 nitrogen and oxygen atoms in total. The van der Waals surface area contributed by atoms with Crippen LogP contribution >= 0.6 is 11.3 Å². The van der Waals surface area contributed by atoms with Crippen LogP contribution in [0.5, 0.6) is 0 Å². The SMILES string of the molecule is CCC(C)OC(=O)c1c(NC(=O)c2cnn(C(C)C(=O)O)c2)sc2c1CCCC2. The summed E-state index contributed by atoms with van der Waals surface area (Å²) in [6, 6.07) is -0.883. The third-order valence-electron chi connectivity index (χ3n) is 5.10. The summed E-state index contributed by atoms with van der Waals surface area (Å²) in [6.07, 6.45) is 6.94. The van der Waals surface area contributed by atoms with Crippen molar-refractivity contribution in [1.82, 2.24) is 9.78 Å². The molecule has 0 saturated heterocycles. The van der Waals surface area contributed by atoms with E-state index in [2.05, 4.69) is 10.4 Å². The second-order valence-corrected chi connectivity index (χ2v) is 8.32. The largest absolute Gasteiger partial charge is 0.480 e. The summed E-state index contributed by atoms with van der Waals surface area (Å²) >= 11 is 1.41. The molecule has 0 spiro atoms. The fourth-order valence-corrected chi connectivity index (χ4v) is 4.42. The molecule has 156 valence electrons. The predicted molar refractivity (Wildman–Crippen MR) is 109 cm³/mol. The van der Waals surface area contributed by atoms with E-state index in [0.29, 0.717) is 17.0 Å². The Kier molecular flexibility index (Phi) is 6.36. The number of aliphatic carboxylic acids is 1. The molecule has 2 atom stereocenters. The van der Waals surface area contributed by atoms with Crippen LogP contribution in [-0.4, -0.2) is 38.8 Å². The van der Waals surface area contributed by atoms with Crippen molar-refractivity contribution in [2.75, 3.05) is 5.32 Å². The van der Waals surface area contributed by atoms with Gasteiger partial charge in [-0.15, -0.1) is 11.3 Å². The van der Waals surface area contributed by atoms with E-state index in [9.17, 15) is 14.4 Å². The molecule has 0 saturated carbocycles. The lowest BCUT2D eigenvalue weighted by Crippen LogP contribution is -2.19. The van der Waals surface area contributed by atoms with E-state index in [0.717, 1.165) is 36.1 Å². The van der Waals surface area contributed by atoms with E-state index >= 15 is 0 Å². The Hall–Kier alpha value is -2.68. The summed E-state index contributed by atoms with van der Waals surface area (Å²) in [7, 11) is 0. The number of carbonyl (C=O) groups is 3. The number of carboxylic acids is 1. The number of aromatic nitrogens is 2. The topological polar surface area (TPSA) is 111 Å². The van der Waals surface area contributed by atoms with Crippen molar-refractivity contribution in [2.24, 2.45) is 0 Å². The van der Waals surface area contributed by atoms with Crippen LogP contribution in [-0.2, 0) is 22.4 Å². The second kappa shape index (κ2) is 8.77. The van der Waals surface area contributed by atoms with Crippen LogP contribution in [0.25, 0.3) is 0 Å². The third kappa shape index (κ3) is 4.50.